The number of aryl methyl sites for hydroxylation is 1. The molecule has 144 valence electrons. The lowest BCUT2D eigenvalue weighted by atomic mass is 10.1. The van der Waals surface area contributed by atoms with Crippen molar-refractivity contribution in [1.29, 1.82) is 0 Å². The van der Waals surface area contributed by atoms with Crippen LogP contribution in [0.3, 0.4) is 0 Å². The lowest BCUT2D eigenvalue weighted by Gasteiger charge is -2.13. The number of primary amides is 1. The van der Waals surface area contributed by atoms with E-state index in [9.17, 15) is 9.59 Å². The molecule has 0 unspecified atom stereocenters. The molecular formula is C18H20BrN3O3S2. The van der Waals surface area contributed by atoms with Gasteiger partial charge in [-0.1, -0.05) is 0 Å². The third-order valence-electron chi connectivity index (χ3n) is 3.64. The van der Waals surface area contributed by atoms with Gasteiger partial charge >= 0.3 is 0 Å². The summed E-state index contributed by atoms with van der Waals surface area (Å²) in [5, 5.41) is 6.09. The van der Waals surface area contributed by atoms with Crippen LogP contribution in [0, 0.1) is 13.8 Å². The predicted octanol–water partition coefficient (Wildman–Crippen LogP) is 4.14. The first-order chi connectivity index (χ1) is 12.6. The zero-order valence-corrected chi connectivity index (χ0v) is 18.5. The normalized spacial score (nSPS) is 10.6. The molecule has 0 spiro atoms. The van der Waals surface area contributed by atoms with E-state index in [0.717, 1.165) is 10.4 Å². The second-order valence-corrected chi connectivity index (χ2v) is 8.56. The summed E-state index contributed by atoms with van der Waals surface area (Å²) in [7, 11) is 0. The minimum Gasteiger partial charge on any atom is -0.490 e. The Morgan fingerprint density at radius 2 is 1.96 bits per heavy atom. The number of anilines is 1. The quantitative estimate of drug-likeness (QED) is 0.572. The van der Waals surface area contributed by atoms with Crippen molar-refractivity contribution >= 4 is 61.4 Å². The molecule has 0 saturated heterocycles. The number of hydrogen-bond acceptors (Lipinski definition) is 5. The Kier molecular flexibility index (Phi) is 6.96. The molecule has 0 saturated carbocycles. The zero-order valence-electron chi connectivity index (χ0n) is 15.3. The minimum atomic E-state index is -0.543. The van der Waals surface area contributed by atoms with Gasteiger partial charge in [-0.05, 0) is 79.6 Å². The molecule has 1 aromatic heterocycles. The van der Waals surface area contributed by atoms with Crippen LogP contribution in [0.25, 0.3) is 0 Å². The highest BCUT2D eigenvalue weighted by Crippen LogP contribution is 2.32. The van der Waals surface area contributed by atoms with Crippen molar-refractivity contribution in [3.8, 4) is 5.75 Å². The Morgan fingerprint density at radius 1 is 1.30 bits per heavy atom. The summed E-state index contributed by atoms with van der Waals surface area (Å²) in [5.74, 6) is -0.272. The summed E-state index contributed by atoms with van der Waals surface area (Å²) >= 11 is 9.95. The molecule has 0 radical (unpaired) electrons. The number of benzene rings is 1. The Bertz CT molecular complexity index is 909. The van der Waals surface area contributed by atoms with Gasteiger partial charge in [0.2, 0.25) is 0 Å². The average molecular weight is 470 g/mol. The third-order valence-corrected chi connectivity index (χ3v) is 5.59. The highest BCUT2D eigenvalue weighted by Gasteiger charge is 2.19. The van der Waals surface area contributed by atoms with E-state index < -0.39 is 5.91 Å². The van der Waals surface area contributed by atoms with Crippen LogP contribution in [-0.4, -0.2) is 23.0 Å². The maximum atomic E-state index is 12.4. The van der Waals surface area contributed by atoms with Gasteiger partial charge in [0.15, 0.2) is 5.11 Å². The predicted molar refractivity (Wildman–Crippen MR) is 116 cm³/mol. The fourth-order valence-corrected chi connectivity index (χ4v) is 4.11. The van der Waals surface area contributed by atoms with Gasteiger partial charge in [0, 0.05) is 10.4 Å². The fourth-order valence-electron chi connectivity index (χ4n) is 2.31. The Morgan fingerprint density at radius 3 is 2.52 bits per heavy atom. The van der Waals surface area contributed by atoms with Crippen molar-refractivity contribution in [3.63, 3.8) is 0 Å². The topological polar surface area (TPSA) is 93.4 Å². The van der Waals surface area contributed by atoms with Gasteiger partial charge < -0.3 is 15.8 Å². The van der Waals surface area contributed by atoms with Gasteiger partial charge in [-0.25, -0.2) is 0 Å². The van der Waals surface area contributed by atoms with E-state index in [1.165, 1.54) is 11.3 Å². The molecule has 0 atom stereocenters. The maximum absolute atomic E-state index is 12.4. The molecule has 2 rings (SSSR count). The Balaban J connectivity index is 2.10. The zero-order chi connectivity index (χ0) is 20.3. The Hall–Kier alpha value is -1.97. The van der Waals surface area contributed by atoms with Crippen molar-refractivity contribution in [3.05, 3.63) is 44.2 Å². The molecule has 0 fully saturated rings. The van der Waals surface area contributed by atoms with Crippen LogP contribution in [0.1, 0.15) is 45.0 Å². The summed E-state index contributed by atoms with van der Waals surface area (Å²) in [6, 6.07) is 5.02. The van der Waals surface area contributed by atoms with Gasteiger partial charge in [-0.3, -0.25) is 14.9 Å². The van der Waals surface area contributed by atoms with Crippen LogP contribution in [0.15, 0.2) is 22.7 Å². The molecule has 0 aliphatic heterocycles. The standard InChI is InChI=1S/C18H20BrN3O3S2/c1-8(2)25-13-6-5-11(7-12(13)19)16(24)21-18(26)22-17-14(15(20)23)9(3)10(4)27-17/h5-8H,1-4H3,(H2,20,23)(H2,21,22,24,26). The first-order valence-electron chi connectivity index (χ1n) is 8.08. The number of carbonyl (C=O) groups excluding carboxylic acids is 2. The largest absolute Gasteiger partial charge is 0.490 e. The molecule has 1 heterocycles. The van der Waals surface area contributed by atoms with E-state index in [2.05, 4.69) is 26.6 Å². The monoisotopic (exact) mass is 469 g/mol. The van der Waals surface area contributed by atoms with E-state index in [1.807, 2.05) is 27.7 Å². The lowest BCUT2D eigenvalue weighted by Crippen LogP contribution is -2.34. The minimum absolute atomic E-state index is 0.0231. The molecule has 4 N–H and O–H groups in total. The van der Waals surface area contributed by atoms with Crippen molar-refractivity contribution < 1.29 is 14.3 Å². The molecule has 1 aromatic carbocycles. The number of rotatable bonds is 5. The van der Waals surface area contributed by atoms with E-state index in [4.69, 9.17) is 22.7 Å². The number of hydrogen-bond donors (Lipinski definition) is 3. The smallest absolute Gasteiger partial charge is 0.257 e. The van der Waals surface area contributed by atoms with Crippen LogP contribution in [0.5, 0.6) is 5.75 Å². The van der Waals surface area contributed by atoms with Crippen molar-refractivity contribution in [2.75, 3.05) is 5.32 Å². The fraction of sp³-hybridized carbons (Fsp3) is 0.278. The van der Waals surface area contributed by atoms with Gasteiger partial charge in [-0.15, -0.1) is 11.3 Å². The number of halogens is 1. The lowest BCUT2D eigenvalue weighted by molar-refractivity contribution is 0.0975. The molecule has 0 aliphatic rings. The van der Waals surface area contributed by atoms with Gasteiger partial charge in [0.05, 0.1) is 16.1 Å². The molecule has 2 aromatic rings. The SMILES string of the molecule is Cc1sc(NC(=S)NC(=O)c2ccc(OC(C)C)c(Br)c2)c(C(N)=O)c1C. The number of amides is 2. The van der Waals surface area contributed by atoms with Crippen LogP contribution >= 0.6 is 39.5 Å². The number of nitrogens with two attached hydrogens (primary N) is 1. The summed E-state index contributed by atoms with van der Waals surface area (Å²) in [6.45, 7) is 7.55. The second kappa shape index (κ2) is 8.81. The average Bonchev–Trinajstić information content (AvgIpc) is 2.82. The van der Waals surface area contributed by atoms with E-state index in [0.29, 0.717) is 26.4 Å². The molecule has 6 nitrogen and oxygen atoms in total. The number of thiocarbonyl (C=S) groups is 1. The molecule has 0 aliphatic carbocycles. The van der Waals surface area contributed by atoms with Crippen molar-refractivity contribution in [1.82, 2.24) is 5.32 Å². The highest BCUT2D eigenvalue weighted by atomic mass is 79.9. The van der Waals surface area contributed by atoms with E-state index >= 15 is 0 Å². The van der Waals surface area contributed by atoms with Gasteiger partial charge in [-0.2, -0.15) is 0 Å². The molecule has 2 amide bonds. The van der Waals surface area contributed by atoms with Crippen LogP contribution in [0.4, 0.5) is 5.00 Å². The summed E-state index contributed by atoms with van der Waals surface area (Å²) in [6.07, 6.45) is 0.0231. The number of carbonyl (C=O) groups is 2. The first kappa shape index (κ1) is 21.3. The van der Waals surface area contributed by atoms with Crippen molar-refractivity contribution in [2.24, 2.45) is 5.73 Å². The second-order valence-electron chi connectivity index (χ2n) is 6.07. The van der Waals surface area contributed by atoms with Crippen LogP contribution in [0.2, 0.25) is 0 Å². The molecule has 9 heteroatoms. The molecule has 27 heavy (non-hydrogen) atoms. The van der Waals surface area contributed by atoms with Crippen molar-refractivity contribution in [2.45, 2.75) is 33.8 Å². The van der Waals surface area contributed by atoms with E-state index in [1.54, 1.807) is 18.2 Å². The molecular weight excluding hydrogens is 450 g/mol. The number of nitrogens with one attached hydrogen (secondary N) is 2. The molecule has 0 bridgehead atoms. The summed E-state index contributed by atoms with van der Waals surface area (Å²) in [5.41, 5.74) is 7.04. The first-order valence-corrected chi connectivity index (χ1v) is 10.1. The van der Waals surface area contributed by atoms with E-state index in [-0.39, 0.29) is 17.1 Å². The van der Waals surface area contributed by atoms with Gasteiger partial charge in [0.1, 0.15) is 10.8 Å². The van der Waals surface area contributed by atoms with Crippen LogP contribution in [-0.2, 0) is 0 Å². The van der Waals surface area contributed by atoms with Crippen LogP contribution < -0.4 is 21.1 Å². The van der Waals surface area contributed by atoms with Gasteiger partial charge in [0.25, 0.3) is 11.8 Å². The number of thiophene rings is 1. The third kappa shape index (κ3) is 5.27. The summed E-state index contributed by atoms with van der Waals surface area (Å²) in [4.78, 5) is 25.1. The highest BCUT2D eigenvalue weighted by molar-refractivity contribution is 9.10. The summed E-state index contributed by atoms with van der Waals surface area (Å²) < 4.78 is 6.30. The number of ether oxygens (including phenoxy) is 1. The Labute approximate surface area is 175 Å². The maximum Gasteiger partial charge on any atom is 0.257 e.